The Hall–Kier alpha value is -4.37. The Morgan fingerprint density at radius 3 is 2.46 bits per heavy atom. The molecular weight excluding hydrogens is 514 g/mol. The van der Waals surface area contributed by atoms with E-state index in [0.717, 1.165) is 26.1 Å². The van der Waals surface area contributed by atoms with Crippen molar-refractivity contribution in [3.05, 3.63) is 102 Å². The third kappa shape index (κ3) is 5.58. The number of nitrogens with one attached hydrogen (secondary N) is 1. The fourth-order valence-electron chi connectivity index (χ4n) is 4.87. The SMILES string of the molecule is [CH2]c1ccc([C@@H](CN2C(=O)c3ccccc3C2=O)C(=O)Nc2cc3ccncc3s2)c(CCCCC(=O)O)c1. The van der Waals surface area contributed by atoms with E-state index in [2.05, 4.69) is 17.2 Å². The van der Waals surface area contributed by atoms with Gasteiger partial charge in [0.15, 0.2) is 0 Å². The number of aryl methyl sites for hydroxylation is 1. The molecule has 5 rings (SSSR count). The van der Waals surface area contributed by atoms with E-state index in [9.17, 15) is 19.2 Å². The molecule has 0 saturated heterocycles. The van der Waals surface area contributed by atoms with Gasteiger partial charge in [-0.25, -0.2) is 0 Å². The van der Waals surface area contributed by atoms with Crippen LogP contribution in [0.5, 0.6) is 0 Å². The Kier molecular flexibility index (Phi) is 7.51. The van der Waals surface area contributed by atoms with Crippen molar-refractivity contribution in [3.8, 4) is 0 Å². The standard InChI is InChI=1S/C30H26N3O5S/c1-18-10-11-21(19(14-18)6-2-5-9-27(34)35)24(17-33-29(37)22-7-3-4-8-23(22)30(33)38)28(36)32-26-15-20-12-13-31-16-25(20)39-26/h3-4,7-8,10-16,24H,1-2,5-6,9,17H2,(H,32,36)(H,34,35)/t24-/m1/s1. The van der Waals surface area contributed by atoms with Gasteiger partial charge in [-0.2, -0.15) is 0 Å². The molecule has 4 aromatic rings. The van der Waals surface area contributed by atoms with Crippen LogP contribution in [0.4, 0.5) is 5.00 Å². The quantitative estimate of drug-likeness (QED) is 0.208. The van der Waals surface area contributed by atoms with Crippen LogP contribution in [0.3, 0.4) is 0 Å². The predicted molar refractivity (Wildman–Crippen MR) is 149 cm³/mol. The molecule has 1 aliphatic heterocycles. The lowest BCUT2D eigenvalue weighted by Gasteiger charge is -2.24. The van der Waals surface area contributed by atoms with Crippen molar-refractivity contribution in [2.75, 3.05) is 11.9 Å². The van der Waals surface area contributed by atoms with Gasteiger partial charge in [0.2, 0.25) is 5.91 Å². The maximum absolute atomic E-state index is 13.9. The number of nitrogens with zero attached hydrogens (tertiary/aromatic N) is 2. The van der Waals surface area contributed by atoms with Crippen molar-refractivity contribution in [2.45, 2.75) is 31.6 Å². The summed E-state index contributed by atoms with van der Waals surface area (Å²) in [6.07, 6.45) is 5.09. The molecule has 0 aliphatic carbocycles. The van der Waals surface area contributed by atoms with E-state index in [1.54, 1.807) is 42.7 Å². The maximum atomic E-state index is 13.9. The number of unbranched alkanes of at least 4 members (excludes halogenated alkanes) is 1. The second kappa shape index (κ2) is 11.2. The molecule has 0 fully saturated rings. The second-order valence-electron chi connectivity index (χ2n) is 9.47. The van der Waals surface area contributed by atoms with E-state index >= 15 is 0 Å². The number of hydrogen-bond acceptors (Lipinski definition) is 6. The first-order valence-corrected chi connectivity index (χ1v) is 13.4. The van der Waals surface area contributed by atoms with Crippen molar-refractivity contribution >= 4 is 50.1 Å². The fraction of sp³-hybridized carbons (Fsp3) is 0.200. The number of carbonyl (C=O) groups is 4. The van der Waals surface area contributed by atoms with E-state index in [1.165, 1.54) is 11.3 Å². The Morgan fingerprint density at radius 1 is 1.03 bits per heavy atom. The van der Waals surface area contributed by atoms with Gasteiger partial charge in [0.25, 0.3) is 11.8 Å². The summed E-state index contributed by atoms with van der Waals surface area (Å²) in [5.41, 5.74) is 2.91. The van der Waals surface area contributed by atoms with Crippen LogP contribution in [0.2, 0.25) is 0 Å². The van der Waals surface area contributed by atoms with Crippen molar-refractivity contribution in [2.24, 2.45) is 0 Å². The van der Waals surface area contributed by atoms with Crippen LogP contribution in [0, 0.1) is 6.92 Å². The van der Waals surface area contributed by atoms with Gasteiger partial charge in [-0.05, 0) is 72.5 Å². The molecule has 0 unspecified atom stereocenters. The van der Waals surface area contributed by atoms with Crippen LogP contribution in [-0.4, -0.2) is 45.2 Å². The molecule has 2 aromatic heterocycles. The van der Waals surface area contributed by atoms with Gasteiger partial charge in [0, 0.05) is 25.4 Å². The monoisotopic (exact) mass is 540 g/mol. The average Bonchev–Trinajstić information content (AvgIpc) is 3.43. The van der Waals surface area contributed by atoms with Crippen LogP contribution in [-0.2, 0) is 16.0 Å². The van der Waals surface area contributed by atoms with Crippen molar-refractivity contribution < 1.29 is 24.3 Å². The molecule has 2 aromatic carbocycles. The number of hydrogen-bond donors (Lipinski definition) is 2. The number of aliphatic carboxylic acids is 1. The molecule has 0 saturated carbocycles. The van der Waals surface area contributed by atoms with Crippen LogP contribution in [0.25, 0.3) is 10.1 Å². The van der Waals surface area contributed by atoms with E-state index in [1.807, 2.05) is 24.3 Å². The summed E-state index contributed by atoms with van der Waals surface area (Å²) < 4.78 is 0.922. The number of pyridine rings is 1. The first kappa shape index (κ1) is 26.2. The zero-order valence-corrected chi connectivity index (χ0v) is 21.9. The molecule has 1 aliphatic rings. The number of carbonyl (C=O) groups excluding carboxylic acids is 3. The zero-order chi connectivity index (χ0) is 27.5. The lowest BCUT2D eigenvalue weighted by Crippen LogP contribution is -2.38. The summed E-state index contributed by atoms with van der Waals surface area (Å²) in [4.78, 5) is 56.5. The van der Waals surface area contributed by atoms with Gasteiger partial charge in [0.1, 0.15) is 0 Å². The van der Waals surface area contributed by atoms with Crippen LogP contribution in [0.15, 0.2) is 67.0 Å². The minimum atomic E-state index is -0.859. The number of benzene rings is 2. The Labute approximate surface area is 229 Å². The third-order valence-electron chi connectivity index (χ3n) is 6.80. The summed E-state index contributed by atoms with van der Waals surface area (Å²) in [5, 5.41) is 13.6. The number of anilines is 1. The molecule has 3 amide bonds. The Bertz CT molecular complexity index is 1530. The maximum Gasteiger partial charge on any atom is 0.303 e. The zero-order valence-electron chi connectivity index (χ0n) is 21.1. The summed E-state index contributed by atoms with van der Waals surface area (Å²) >= 11 is 1.39. The number of rotatable bonds is 10. The number of aromatic nitrogens is 1. The highest BCUT2D eigenvalue weighted by Gasteiger charge is 2.38. The molecule has 0 bridgehead atoms. The highest BCUT2D eigenvalue weighted by atomic mass is 32.1. The second-order valence-corrected chi connectivity index (χ2v) is 10.6. The van der Waals surface area contributed by atoms with Crippen LogP contribution >= 0.6 is 11.3 Å². The molecule has 0 spiro atoms. The van der Waals surface area contributed by atoms with Gasteiger partial charge in [0.05, 0.1) is 26.7 Å². The number of carboxylic acids is 1. The molecule has 2 N–H and O–H groups in total. The fourth-order valence-corrected chi connectivity index (χ4v) is 5.80. The summed E-state index contributed by atoms with van der Waals surface area (Å²) in [6.45, 7) is 3.88. The van der Waals surface area contributed by atoms with E-state index in [0.29, 0.717) is 41.0 Å². The topological polar surface area (TPSA) is 117 Å². The first-order valence-electron chi connectivity index (χ1n) is 12.6. The molecular formula is C30H26N3O5S. The van der Waals surface area contributed by atoms with Crippen LogP contribution in [0.1, 0.15) is 62.6 Å². The van der Waals surface area contributed by atoms with E-state index < -0.39 is 23.7 Å². The highest BCUT2D eigenvalue weighted by molar-refractivity contribution is 7.22. The Morgan fingerprint density at radius 2 is 1.77 bits per heavy atom. The number of fused-ring (bicyclic) bond motifs is 2. The number of carboxylic acid groups (broad SMARTS) is 1. The summed E-state index contributed by atoms with van der Waals surface area (Å²) in [7, 11) is 0. The van der Waals surface area contributed by atoms with Gasteiger partial charge >= 0.3 is 5.97 Å². The van der Waals surface area contributed by atoms with Gasteiger partial charge < -0.3 is 10.4 Å². The third-order valence-corrected chi connectivity index (χ3v) is 7.80. The van der Waals surface area contributed by atoms with E-state index in [-0.39, 0.29) is 18.9 Å². The number of amides is 3. The predicted octanol–water partition coefficient (Wildman–Crippen LogP) is 5.29. The van der Waals surface area contributed by atoms with Gasteiger partial charge in [-0.3, -0.25) is 29.1 Å². The summed E-state index contributed by atoms with van der Waals surface area (Å²) in [6, 6.07) is 15.8. The number of thiophene rings is 1. The average molecular weight is 541 g/mol. The summed E-state index contributed by atoms with van der Waals surface area (Å²) in [5.74, 6) is -2.93. The molecule has 39 heavy (non-hydrogen) atoms. The van der Waals surface area contributed by atoms with Crippen molar-refractivity contribution in [3.63, 3.8) is 0 Å². The highest BCUT2D eigenvalue weighted by Crippen LogP contribution is 2.33. The largest absolute Gasteiger partial charge is 0.481 e. The normalized spacial score (nSPS) is 13.5. The minimum Gasteiger partial charge on any atom is -0.481 e. The van der Waals surface area contributed by atoms with Crippen molar-refractivity contribution in [1.29, 1.82) is 0 Å². The van der Waals surface area contributed by atoms with Crippen molar-refractivity contribution in [1.82, 2.24) is 9.88 Å². The van der Waals surface area contributed by atoms with Crippen LogP contribution < -0.4 is 5.32 Å². The van der Waals surface area contributed by atoms with E-state index in [4.69, 9.17) is 5.11 Å². The minimum absolute atomic E-state index is 0.0547. The van der Waals surface area contributed by atoms with Gasteiger partial charge in [-0.15, -0.1) is 11.3 Å². The molecule has 1 radical (unpaired) electrons. The molecule has 8 nitrogen and oxygen atoms in total. The first-order chi connectivity index (χ1) is 18.8. The lowest BCUT2D eigenvalue weighted by atomic mass is 9.89. The molecule has 1 atom stereocenters. The number of imide groups is 1. The smallest absolute Gasteiger partial charge is 0.303 e. The molecule has 197 valence electrons. The van der Waals surface area contributed by atoms with Gasteiger partial charge in [-0.1, -0.05) is 30.3 Å². The lowest BCUT2D eigenvalue weighted by molar-refractivity contribution is -0.137. The molecule has 3 heterocycles. The molecule has 9 heteroatoms. The Balaban J connectivity index is 1.48.